The van der Waals surface area contributed by atoms with Crippen LogP contribution < -0.4 is 5.32 Å². The number of hydrogen-bond acceptors (Lipinski definition) is 1. The number of nitrogens with zero attached hydrogens (tertiary/aromatic N) is 1. The minimum atomic E-state index is 0.201. The van der Waals surface area contributed by atoms with E-state index in [0.29, 0.717) is 6.42 Å². The van der Waals surface area contributed by atoms with Gasteiger partial charge in [-0.3, -0.25) is 4.79 Å². The van der Waals surface area contributed by atoms with Gasteiger partial charge in [0.1, 0.15) is 0 Å². The molecule has 0 atom stereocenters. The van der Waals surface area contributed by atoms with Gasteiger partial charge in [0, 0.05) is 29.7 Å². The summed E-state index contributed by atoms with van der Waals surface area (Å²) < 4.78 is 2.58. The van der Waals surface area contributed by atoms with E-state index < -0.39 is 0 Å². The average Bonchev–Trinajstić information content (AvgIpc) is 3.31. The van der Waals surface area contributed by atoms with E-state index in [2.05, 4.69) is 22.0 Å². The predicted molar refractivity (Wildman–Crippen MR) is 107 cm³/mol. The number of carbonyl (C=O) groups excluding carboxylic acids is 1. The van der Waals surface area contributed by atoms with Gasteiger partial charge in [-0.25, -0.2) is 0 Å². The third-order valence-electron chi connectivity index (χ3n) is 6.94. The van der Waals surface area contributed by atoms with Gasteiger partial charge in [0.25, 0.3) is 0 Å². The van der Waals surface area contributed by atoms with Gasteiger partial charge in [0.15, 0.2) is 0 Å². The molecule has 1 aliphatic heterocycles. The summed E-state index contributed by atoms with van der Waals surface area (Å²) in [6.45, 7) is 1.13. The van der Waals surface area contributed by atoms with Gasteiger partial charge in [-0.15, -0.1) is 0 Å². The lowest BCUT2D eigenvalue weighted by Gasteiger charge is -2.10. The molecule has 3 heteroatoms. The second kappa shape index (κ2) is 6.75. The van der Waals surface area contributed by atoms with Gasteiger partial charge in [-0.05, 0) is 67.7 Å². The topological polar surface area (TPSA) is 34.0 Å². The van der Waals surface area contributed by atoms with Gasteiger partial charge in [-0.1, -0.05) is 32.1 Å². The van der Waals surface area contributed by atoms with Crippen LogP contribution in [0.5, 0.6) is 0 Å². The lowest BCUT2D eigenvalue weighted by molar-refractivity contribution is -0.116. The molecule has 2 heterocycles. The molecule has 5 rings (SSSR count). The number of fused-ring (bicyclic) bond motifs is 3. The Balaban J connectivity index is 1.39. The maximum atomic E-state index is 12.5. The molecule has 3 aliphatic rings. The van der Waals surface area contributed by atoms with Crippen molar-refractivity contribution < 1.29 is 4.79 Å². The van der Waals surface area contributed by atoms with E-state index in [4.69, 9.17) is 0 Å². The van der Waals surface area contributed by atoms with Crippen LogP contribution in [0.4, 0.5) is 5.69 Å². The van der Waals surface area contributed by atoms with Crippen LogP contribution in [0.2, 0.25) is 0 Å². The maximum absolute atomic E-state index is 12.5. The zero-order valence-corrected chi connectivity index (χ0v) is 15.8. The highest BCUT2D eigenvalue weighted by molar-refractivity contribution is 5.97. The summed E-state index contributed by atoms with van der Waals surface area (Å²) in [4.78, 5) is 12.5. The lowest BCUT2D eigenvalue weighted by Crippen LogP contribution is -2.13. The first-order valence-electron chi connectivity index (χ1n) is 10.8. The molecule has 1 N–H and O–H groups in total. The molecule has 0 spiro atoms. The molecule has 0 saturated heterocycles. The molecule has 2 aromatic rings. The number of anilines is 1. The molecule has 1 fully saturated rings. The van der Waals surface area contributed by atoms with Crippen molar-refractivity contribution >= 4 is 22.5 Å². The molecule has 1 amide bonds. The van der Waals surface area contributed by atoms with Crippen molar-refractivity contribution in [1.29, 1.82) is 0 Å². The number of aromatic nitrogens is 1. The van der Waals surface area contributed by atoms with E-state index in [1.807, 2.05) is 0 Å². The van der Waals surface area contributed by atoms with Gasteiger partial charge < -0.3 is 9.88 Å². The second-order valence-corrected chi connectivity index (χ2v) is 8.66. The highest BCUT2D eigenvalue weighted by Crippen LogP contribution is 2.39. The first-order valence-corrected chi connectivity index (χ1v) is 10.8. The van der Waals surface area contributed by atoms with Crippen LogP contribution >= 0.6 is 0 Å². The molecule has 1 aromatic carbocycles. The van der Waals surface area contributed by atoms with Crippen molar-refractivity contribution in [3.63, 3.8) is 0 Å². The van der Waals surface area contributed by atoms with Crippen molar-refractivity contribution in [2.24, 2.45) is 5.92 Å². The Hall–Kier alpha value is -1.77. The molecule has 2 aliphatic carbocycles. The van der Waals surface area contributed by atoms with Crippen LogP contribution in [0.15, 0.2) is 12.1 Å². The monoisotopic (exact) mass is 350 g/mol. The second-order valence-electron chi connectivity index (χ2n) is 8.66. The molecular weight excluding hydrogens is 320 g/mol. The number of aryl methyl sites for hydroxylation is 3. The van der Waals surface area contributed by atoms with E-state index in [0.717, 1.165) is 31.0 Å². The number of carbonyl (C=O) groups is 1. The van der Waals surface area contributed by atoms with Crippen LogP contribution in [-0.4, -0.2) is 10.5 Å². The van der Waals surface area contributed by atoms with Gasteiger partial charge >= 0.3 is 0 Å². The Morgan fingerprint density at radius 1 is 1.04 bits per heavy atom. The number of nitrogens with one attached hydrogen (secondary N) is 1. The molecular formula is C23H30N2O. The predicted octanol–water partition coefficient (Wildman–Crippen LogP) is 5.38. The minimum absolute atomic E-state index is 0.201. The highest BCUT2D eigenvalue weighted by Gasteiger charge is 2.25. The molecule has 0 unspecified atom stereocenters. The number of hydrogen-bond donors (Lipinski definition) is 1. The van der Waals surface area contributed by atoms with Crippen molar-refractivity contribution in [3.05, 3.63) is 29.0 Å². The van der Waals surface area contributed by atoms with Gasteiger partial charge in [-0.2, -0.15) is 0 Å². The summed E-state index contributed by atoms with van der Waals surface area (Å²) in [5, 5.41) is 4.64. The van der Waals surface area contributed by atoms with Crippen LogP contribution in [0.25, 0.3) is 10.9 Å². The molecule has 0 radical (unpaired) electrons. The van der Waals surface area contributed by atoms with E-state index in [1.54, 1.807) is 11.3 Å². The van der Waals surface area contributed by atoms with E-state index >= 15 is 0 Å². The quantitative estimate of drug-likeness (QED) is 0.739. The Labute approximate surface area is 156 Å². The minimum Gasteiger partial charge on any atom is -0.344 e. The fourth-order valence-corrected chi connectivity index (χ4v) is 5.63. The zero-order chi connectivity index (χ0) is 17.5. The normalized spacial score (nSPS) is 19.7. The fraction of sp³-hybridized carbons (Fsp3) is 0.609. The third kappa shape index (κ3) is 2.86. The standard InChI is InChI=1S/C23H30N2O/c26-22(11-10-16-6-4-5-7-16)24-18-14-17-12-13-25-21-9-3-1-2-8-19(21)20(15-18)23(17)25/h14-16H,1-13H2,(H,24,26). The first-order chi connectivity index (χ1) is 12.8. The summed E-state index contributed by atoms with van der Waals surface area (Å²) in [6, 6.07) is 4.50. The van der Waals surface area contributed by atoms with Crippen LogP contribution in [-0.2, 0) is 30.6 Å². The Morgan fingerprint density at radius 3 is 2.77 bits per heavy atom. The highest BCUT2D eigenvalue weighted by atomic mass is 16.1. The van der Waals surface area contributed by atoms with E-state index in [-0.39, 0.29) is 5.91 Å². The summed E-state index contributed by atoms with van der Waals surface area (Å²) >= 11 is 0. The SMILES string of the molecule is O=C(CCC1CCCC1)Nc1cc2c3c(c1)c1c(n3CC2)CCCCC1. The van der Waals surface area contributed by atoms with Crippen molar-refractivity contribution in [2.45, 2.75) is 83.6 Å². The van der Waals surface area contributed by atoms with Gasteiger partial charge in [0.2, 0.25) is 5.91 Å². The third-order valence-corrected chi connectivity index (χ3v) is 6.94. The number of amides is 1. The molecule has 138 valence electrons. The van der Waals surface area contributed by atoms with Crippen LogP contribution in [0.1, 0.15) is 74.6 Å². The average molecular weight is 351 g/mol. The summed E-state index contributed by atoms with van der Waals surface area (Å²) in [6.07, 6.45) is 14.6. The van der Waals surface area contributed by atoms with Crippen molar-refractivity contribution in [3.8, 4) is 0 Å². The van der Waals surface area contributed by atoms with Crippen LogP contribution in [0.3, 0.4) is 0 Å². The lowest BCUT2D eigenvalue weighted by atomic mass is 10.0. The molecule has 3 nitrogen and oxygen atoms in total. The van der Waals surface area contributed by atoms with Crippen LogP contribution in [0, 0.1) is 5.92 Å². The van der Waals surface area contributed by atoms with E-state index in [1.165, 1.54) is 74.3 Å². The molecule has 26 heavy (non-hydrogen) atoms. The summed E-state index contributed by atoms with van der Waals surface area (Å²) in [7, 11) is 0. The first kappa shape index (κ1) is 16.4. The Bertz CT molecular complexity index is 842. The zero-order valence-electron chi connectivity index (χ0n) is 15.8. The Morgan fingerprint density at radius 2 is 1.88 bits per heavy atom. The number of rotatable bonds is 4. The van der Waals surface area contributed by atoms with E-state index in [9.17, 15) is 4.79 Å². The fourth-order valence-electron chi connectivity index (χ4n) is 5.63. The molecule has 1 aromatic heterocycles. The van der Waals surface area contributed by atoms with Crippen molar-refractivity contribution in [1.82, 2.24) is 4.57 Å². The largest absolute Gasteiger partial charge is 0.344 e. The number of benzene rings is 1. The maximum Gasteiger partial charge on any atom is 0.224 e. The molecule has 0 bridgehead atoms. The Kier molecular flexibility index (Phi) is 4.26. The van der Waals surface area contributed by atoms with Gasteiger partial charge in [0.05, 0.1) is 5.52 Å². The summed E-state index contributed by atoms with van der Waals surface area (Å²) in [5.41, 5.74) is 7.07. The summed E-state index contributed by atoms with van der Waals surface area (Å²) in [5.74, 6) is 0.984. The van der Waals surface area contributed by atoms with Crippen molar-refractivity contribution in [2.75, 3.05) is 5.32 Å². The molecule has 1 saturated carbocycles. The smallest absolute Gasteiger partial charge is 0.224 e.